The van der Waals surface area contributed by atoms with Gasteiger partial charge in [0.1, 0.15) is 17.0 Å². The highest BCUT2D eigenvalue weighted by molar-refractivity contribution is 5.99. The van der Waals surface area contributed by atoms with Crippen LogP contribution in [0.3, 0.4) is 0 Å². The maximum atomic E-state index is 13.1. The summed E-state index contributed by atoms with van der Waals surface area (Å²) in [6.07, 6.45) is 0. The van der Waals surface area contributed by atoms with Crippen molar-refractivity contribution in [2.24, 2.45) is 5.92 Å². The number of amides is 2. The lowest BCUT2D eigenvalue weighted by molar-refractivity contribution is -0.152. The summed E-state index contributed by atoms with van der Waals surface area (Å²) >= 11 is 0. The van der Waals surface area contributed by atoms with Crippen LogP contribution in [0.2, 0.25) is 0 Å². The molecule has 1 N–H and O–H groups in total. The Morgan fingerprint density at radius 2 is 1.96 bits per heavy atom. The van der Waals surface area contributed by atoms with E-state index >= 15 is 0 Å². The fourth-order valence-corrected chi connectivity index (χ4v) is 5.30. The molecule has 2 aromatic carbocycles. The van der Waals surface area contributed by atoms with Crippen molar-refractivity contribution in [3.8, 4) is 11.5 Å². The highest BCUT2D eigenvalue weighted by Gasteiger charge is 2.65. The molecule has 0 radical (unpaired) electrons. The SMILES string of the molecule is COc1ccc2c(c1)OCC1C2N2C(=O)CNC(=O)[C@@]2(C)C1c1ccccc1. The largest absolute Gasteiger partial charge is 0.497 e. The third-order valence-electron chi connectivity index (χ3n) is 6.48. The summed E-state index contributed by atoms with van der Waals surface area (Å²) in [5, 5.41) is 2.80. The lowest BCUT2D eigenvalue weighted by Crippen LogP contribution is -2.64. The van der Waals surface area contributed by atoms with Crippen molar-refractivity contribution < 1.29 is 19.1 Å². The van der Waals surface area contributed by atoms with Gasteiger partial charge in [-0.15, -0.1) is 0 Å². The fraction of sp³-hybridized carbons (Fsp3) is 0.364. The second-order valence-electron chi connectivity index (χ2n) is 7.81. The molecule has 4 atom stereocenters. The molecule has 3 aliphatic rings. The first-order valence-electron chi connectivity index (χ1n) is 9.52. The van der Waals surface area contributed by atoms with Crippen LogP contribution in [0.4, 0.5) is 0 Å². The number of rotatable bonds is 2. The number of fused-ring (bicyclic) bond motifs is 5. The molecule has 3 aliphatic heterocycles. The van der Waals surface area contributed by atoms with Crippen LogP contribution in [0.1, 0.15) is 30.0 Å². The van der Waals surface area contributed by atoms with E-state index in [1.165, 1.54) is 0 Å². The van der Waals surface area contributed by atoms with E-state index in [1.807, 2.05) is 60.4 Å². The first-order valence-corrected chi connectivity index (χ1v) is 9.52. The summed E-state index contributed by atoms with van der Waals surface area (Å²) < 4.78 is 11.4. The van der Waals surface area contributed by atoms with E-state index in [-0.39, 0.29) is 36.2 Å². The van der Waals surface area contributed by atoms with Crippen LogP contribution in [0, 0.1) is 5.92 Å². The van der Waals surface area contributed by atoms with Crippen LogP contribution >= 0.6 is 0 Å². The molecule has 2 fully saturated rings. The lowest BCUT2D eigenvalue weighted by Gasteiger charge is -2.43. The summed E-state index contributed by atoms with van der Waals surface area (Å²) in [4.78, 5) is 28.0. The van der Waals surface area contributed by atoms with Crippen LogP contribution in [0.5, 0.6) is 11.5 Å². The number of carbonyl (C=O) groups is 2. The Morgan fingerprint density at radius 1 is 1.18 bits per heavy atom. The number of benzene rings is 2. The molecule has 0 bridgehead atoms. The second-order valence-corrected chi connectivity index (χ2v) is 7.81. The van der Waals surface area contributed by atoms with Gasteiger partial charge in [0.05, 0.1) is 26.3 Å². The molecule has 3 unspecified atom stereocenters. The molecule has 2 aromatic rings. The van der Waals surface area contributed by atoms with Crippen LogP contribution in [0.25, 0.3) is 0 Å². The molecule has 3 heterocycles. The van der Waals surface area contributed by atoms with E-state index < -0.39 is 5.54 Å². The second kappa shape index (κ2) is 5.99. The van der Waals surface area contributed by atoms with Gasteiger partial charge < -0.3 is 19.7 Å². The zero-order valence-corrected chi connectivity index (χ0v) is 15.8. The Kier molecular flexibility index (Phi) is 3.66. The summed E-state index contributed by atoms with van der Waals surface area (Å²) in [6, 6.07) is 15.5. The van der Waals surface area contributed by atoms with Crippen molar-refractivity contribution in [2.75, 3.05) is 20.3 Å². The molecule has 0 aromatic heterocycles. The molecule has 6 heteroatoms. The molecular formula is C22H22N2O4. The third-order valence-corrected chi connectivity index (χ3v) is 6.48. The predicted molar refractivity (Wildman–Crippen MR) is 102 cm³/mol. The van der Waals surface area contributed by atoms with Gasteiger partial charge in [0.25, 0.3) is 0 Å². The van der Waals surface area contributed by atoms with E-state index in [0.717, 1.165) is 16.9 Å². The van der Waals surface area contributed by atoms with Gasteiger partial charge in [-0.25, -0.2) is 0 Å². The van der Waals surface area contributed by atoms with Crippen LogP contribution in [-0.4, -0.2) is 42.5 Å². The molecule has 2 amide bonds. The third kappa shape index (κ3) is 2.14. The lowest BCUT2D eigenvalue weighted by atomic mass is 9.73. The molecule has 2 saturated heterocycles. The molecule has 0 spiro atoms. The van der Waals surface area contributed by atoms with Gasteiger partial charge in [-0.2, -0.15) is 0 Å². The molecular weight excluding hydrogens is 356 g/mol. The fourth-order valence-electron chi connectivity index (χ4n) is 5.30. The van der Waals surface area contributed by atoms with Gasteiger partial charge in [0.15, 0.2) is 0 Å². The van der Waals surface area contributed by atoms with Gasteiger partial charge in [-0.1, -0.05) is 30.3 Å². The summed E-state index contributed by atoms with van der Waals surface area (Å²) in [7, 11) is 1.62. The highest BCUT2D eigenvalue weighted by atomic mass is 16.5. The number of piperazine rings is 1. The normalized spacial score (nSPS) is 30.6. The molecule has 144 valence electrons. The molecule has 28 heavy (non-hydrogen) atoms. The highest BCUT2D eigenvalue weighted by Crippen LogP contribution is 2.59. The maximum Gasteiger partial charge on any atom is 0.246 e. The van der Waals surface area contributed by atoms with E-state index in [9.17, 15) is 9.59 Å². The van der Waals surface area contributed by atoms with Crippen molar-refractivity contribution in [3.63, 3.8) is 0 Å². The van der Waals surface area contributed by atoms with E-state index in [4.69, 9.17) is 9.47 Å². The molecule has 6 nitrogen and oxygen atoms in total. The minimum absolute atomic E-state index is 0.0129. The standard InChI is InChI=1S/C22H22N2O4/c1-22-19(13-6-4-3-5-7-13)16-12-28-17-10-14(27-2)8-9-15(17)20(16)24(22)18(25)11-23-21(22)26/h3-10,16,19-20H,11-12H2,1-2H3,(H,23,26)/t16?,19?,20?,22-/m1/s1. The number of hydrogen-bond donors (Lipinski definition) is 1. The topological polar surface area (TPSA) is 67.9 Å². The Bertz CT molecular complexity index is 960. The Morgan fingerprint density at radius 3 is 2.71 bits per heavy atom. The van der Waals surface area contributed by atoms with Crippen LogP contribution in [-0.2, 0) is 9.59 Å². The van der Waals surface area contributed by atoms with Crippen molar-refractivity contribution in [1.29, 1.82) is 0 Å². The Balaban J connectivity index is 1.71. The van der Waals surface area contributed by atoms with Crippen molar-refractivity contribution in [3.05, 3.63) is 59.7 Å². The van der Waals surface area contributed by atoms with E-state index in [0.29, 0.717) is 12.4 Å². The minimum atomic E-state index is -0.961. The van der Waals surface area contributed by atoms with Gasteiger partial charge in [-0.05, 0) is 24.6 Å². The number of ether oxygens (including phenoxy) is 2. The summed E-state index contributed by atoms with van der Waals surface area (Å²) in [5.74, 6) is 1.10. The quantitative estimate of drug-likeness (QED) is 0.871. The number of carbonyl (C=O) groups excluding carboxylic acids is 2. The van der Waals surface area contributed by atoms with Gasteiger partial charge in [0.2, 0.25) is 11.8 Å². The average molecular weight is 378 g/mol. The number of methoxy groups -OCH3 is 1. The maximum absolute atomic E-state index is 13.1. The monoisotopic (exact) mass is 378 g/mol. The zero-order chi connectivity index (χ0) is 19.5. The average Bonchev–Trinajstić information content (AvgIpc) is 3.01. The van der Waals surface area contributed by atoms with Gasteiger partial charge in [0, 0.05) is 23.5 Å². The number of hydrogen-bond acceptors (Lipinski definition) is 4. The molecule has 0 aliphatic carbocycles. The van der Waals surface area contributed by atoms with Crippen LogP contribution < -0.4 is 14.8 Å². The number of nitrogens with zero attached hydrogens (tertiary/aromatic N) is 1. The molecule has 0 saturated carbocycles. The first kappa shape index (κ1) is 17.1. The van der Waals surface area contributed by atoms with E-state index in [2.05, 4.69) is 5.32 Å². The minimum Gasteiger partial charge on any atom is -0.497 e. The predicted octanol–water partition coefficient (Wildman–Crippen LogP) is 2.26. The molecule has 5 rings (SSSR count). The zero-order valence-electron chi connectivity index (χ0n) is 15.8. The Labute approximate surface area is 163 Å². The first-order chi connectivity index (χ1) is 13.6. The van der Waals surface area contributed by atoms with Gasteiger partial charge in [-0.3, -0.25) is 9.59 Å². The van der Waals surface area contributed by atoms with Crippen LogP contribution in [0.15, 0.2) is 48.5 Å². The Hall–Kier alpha value is -3.02. The summed E-state index contributed by atoms with van der Waals surface area (Å²) in [5.41, 5.74) is 1.02. The number of nitrogens with one attached hydrogen (secondary N) is 1. The smallest absolute Gasteiger partial charge is 0.246 e. The van der Waals surface area contributed by atoms with Gasteiger partial charge >= 0.3 is 0 Å². The van der Waals surface area contributed by atoms with Crippen molar-refractivity contribution >= 4 is 11.8 Å². The van der Waals surface area contributed by atoms with E-state index in [1.54, 1.807) is 7.11 Å². The van der Waals surface area contributed by atoms with Crippen molar-refractivity contribution in [2.45, 2.75) is 24.4 Å². The van der Waals surface area contributed by atoms with Crippen molar-refractivity contribution in [1.82, 2.24) is 10.2 Å². The summed E-state index contributed by atoms with van der Waals surface area (Å²) in [6.45, 7) is 2.36.